The zero-order valence-corrected chi connectivity index (χ0v) is 15.9. The highest BCUT2D eigenvalue weighted by atomic mass is 32.2. The van der Waals surface area contributed by atoms with Crippen molar-refractivity contribution in [1.29, 1.82) is 0 Å². The van der Waals surface area contributed by atoms with Gasteiger partial charge in [-0.1, -0.05) is 17.3 Å². The van der Waals surface area contributed by atoms with Gasteiger partial charge in [-0.2, -0.15) is 31.2 Å². The Labute approximate surface area is 170 Å². The van der Waals surface area contributed by atoms with Gasteiger partial charge in [-0.15, -0.1) is 11.8 Å². The maximum absolute atomic E-state index is 13.4. The largest absolute Gasteiger partial charge is 0.479 e. The highest BCUT2D eigenvalue weighted by molar-refractivity contribution is 8.00. The predicted octanol–water partition coefficient (Wildman–Crippen LogP) is 4.42. The van der Waals surface area contributed by atoms with Crippen molar-refractivity contribution >= 4 is 29.1 Å². The minimum atomic E-state index is -4.99. The van der Waals surface area contributed by atoms with E-state index >= 15 is 0 Å². The summed E-state index contributed by atoms with van der Waals surface area (Å²) >= 11 is 1.08. The first kappa shape index (κ1) is 22.5. The lowest BCUT2D eigenvalue weighted by Gasteiger charge is -2.32. The van der Waals surface area contributed by atoms with E-state index in [0.717, 1.165) is 17.8 Å². The molecule has 6 nitrogen and oxygen atoms in total. The average Bonchev–Trinajstić information content (AvgIpc) is 3.11. The number of aliphatic imine (C=N–C) groups is 1. The van der Waals surface area contributed by atoms with Crippen LogP contribution in [0.15, 0.2) is 28.4 Å². The van der Waals surface area contributed by atoms with E-state index in [1.54, 1.807) is 0 Å². The van der Waals surface area contributed by atoms with Gasteiger partial charge in [0.1, 0.15) is 11.8 Å². The summed E-state index contributed by atoms with van der Waals surface area (Å²) in [5.41, 5.74) is -3.82. The molecule has 13 heteroatoms. The maximum atomic E-state index is 13.4. The maximum Gasteiger partial charge on any atom is 0.429 e. The van der Waals surface area contributed by atoms with E-state index in [-0.39, 0.29) is 18.7 Å². The minimum Gasteiger partial charge on any atom is -0.479 e. The van der Waals surface area contributed by atoms with Crippen molar-refractivity contribution in [2.24, 2.45) is 10.2 Å². The Morgan fingerprint density at radius 3 is 2.53 bits per heavy atom. The van der Waals surface area contributed by atoms with E-state index in [2.05, 4.69) is 10.2 Å². The predicted molar refractivity (Wildman–Crippen MR) is 97.0 cm³/mol. The molecule has 1 aromatic carbocycles. The molecule has 0 bridgehead atoms. The molecule has 2 aliphatic rings. The van der Waals surface area contributed by atoms with Gasteiger partial charge in [0.25, 0.3) is 0 Å². The number of benzene rings is 1. The van der Waals surface area contributed by atoms with E-state index in [4.69, 9.17) is 0 Å². The summed E-state index contributed by atoms with van der Waals surface area (Å²) in [5, 5.41) is 11.1. The lowest BCUT2D eigenvalue weighted by molar-refractivity contribution is -0.139. The Morgan fingerprint density at radius 1 is 1.27 bits per heavy atom. The number of rotatable bonds is 5. The summed E-state index contributed by atoms with van der Waals surface area (Å²) in [6, 6.07) is 1.47. The highest BCUT2D eigenvalue weighted by Gasteiger charge is 2.46. The number of fused-ring (bicyclic) bond motifs is 1. The number of nitrogens with zero attached hydrogens (tertiary/aromatic N) is 3. The molecule has 1 N–H and O–H groups in total. The van der Waals surface area contributed by atoms with Crippen molar-refractivity contribution in [1.82, 2.24) is 4.90 Å². The fourth-order valence-electron chi connectivity index (χ4n) is 3.63. The monoisotopic (exact) mass is 455 g/mol. The quantitative estimate of drug-likeness (QED) is 0.525. The van der Waals surface area contributed by atoms with Crippen molar-refractivity contribution in [3.05, 3.63) is 34.2 Å². The van der Waals surface area contributed by atoms with Gasteiger partial charge in [0, 0.05) is 31.2 Å². The van der Waals surface area contributed by atoms with Gasteiger partial charge in [-0.05, 0) is 11.6 Å². The second-order valence-electron chi connectivity index (χ2n) is 6.84. The molecule has 3 rings (SSSR count). The summed E-state index contributed by atoms with van der Waals surface area (Å²) in [5.74, 6) is -2.07. The van der Waals surface area contributed by atoms with E-state index in [9.17, 15) is 41.2 Å². The number of carboxylic acid groups (broad SMARTS) is 1. The molecule has 2 aliphatic heterocycles. The first-order chi connectivity index (χ1) is 13.9. The Bertz CT molecular complexity index is 873. The molecule has 0 aromatic heterocycles. The zero-order valence-electron chi connectivity index (χ0n) is 15.1. The van der Waals surface area contributed by atoms with Gasteiger partial charge in [0.2, 0.25) is 0 Å². The smallest absolute Gasteiger partial charge is 0.429 e. The van der Waals surface area contributed by atoms with Crippen LogP contribution in [0.1, 0.15) is 23.5 Å². The van der Waals surface area contributed by atoms with Gasteiger partial charge < -0.3 is 5.11 Å². The third kappa shape index (κ3) is 4.46. The highest BCUT2D eigenvalue weighted by Crippen LogP contribution is 2.47. The lowest BCUT2D eigenvalue weighted by Crippen LogP contribution is -2.42. The van der Waals surface area contributed by atoms with Crippen molar-refractivity contribution < 1.29 is 36.2 Å². The minimum absolute atomic E-state index is 0.166. The van der Waals surface area contributed by atoms with E-state index in [0.29, 0.717) is 11.8 Å². The van der Waals surface area contributed by atoms with Crippen LogP contribution in [0.5, 0.6) is 0 Å². The lowest BCUT2D eigenvalue weighted by atomic mass is 9.82. The second-order valence-corrected chi connectivity index (χ2v) is 8.03. The number of nitroso groups, excluding NO2 is 1. The van der Waals surface area contributed by atoms with Crippen LogP contribution in [0.2, 0.25) is 0 Å². The van der Waals surface area contributed by atoms with Crippen LogP contribution >= 0.6 is 11.8 Å². The molecule has 1 fully saturated rings. The first-order valence-electron chi connectivity index (χ1n) is 8.69. The molecule has 30 heavy (non-hydrogen) atoms. The zero-order chi connectivity index (χ0) is 22.3. The number of hydrogen-bond acceptors (Lipinski definition) is 6. The van der Waals surface area contributed by atoms with Gasteiger partial charge in [-0.3, -0.25) is 4.90 Å². The molecule has 3 atom stereocenters. The van der Waals surface area contributed by atoms with Crippen LogP contribution in [0.4, 0.5) is 32.0 Å². The molecule has 1 saturated heterocycles. The van der Waals surface area contributed by atoms with Crippen molar-refractivity contribution in [2.75, 3.05) is 18.8 Å². The molecule has 0 saturated carbocycles. The fourth-order valence-corrected chi connectivity index (χ4v) is 4.74. The standard InChI is InChI=1S/C17H15F6N3O3S/c18-16(19,20)10-3-1-2-8-9(6-12(17(21,22)23)24-13(8)10)11(25-29)7-26-4-5-30-14(26)15(27)28/h1-3,9,11,14H,4-7H2,(H,27,28). The molecule has 164 valence electrons. The SMILES string of the molecule is O=NC(CN1CCSC1C(=O)O)C1CC(C(F)(F)F)=Nc2c1cccc2C(F)(F)F. The second kappa shape index (κ2) is 8.17. The molecule has 3 unspecified atom stereocenters. The summed E-state index contributed by atoms with van der Waals surface area (Å²) < 4.78 is 80.2. The normalized spacial score (nSPS) is 23.6. The number of hydrogen-bond donors (Lipinski definition) is 1. The van der Waals surface area contributed by atoms with Gasteiger partial charge in [0.15, 0.2) is 5.37 Å². The Kier molecular flexibility index (Phi) is 6.14. The van der Waals surface area contributed by atoms with Gasteiger partial charge in [0.05, 0.1) is 11.3 Å². The first-order valence-corrected chi connectivity index (χ1v) is 9.74. The van der Waals surface area contributed by atoms with E-state index in [1.165, 1.54) is 11.0 Å². The van der Waals surface area contributed by atoms with Crippen LogP contribution in [-0.2, 0) is 11.0 Å². The fraction of sp³-hybridized carbons (Fsp3) is 0.529. The van der Waals surface area contributed by atoms with Gasteiger partial charge >= 0.3 is 18.3 Å². The molecule has 0 spiro atoms. The Balaban J connectivity index is 2.04. The van der Waals surface area contributed by atoms with Crippen LogP contribution in [-0.4, -0.2) is 58.1 Å². The number of para-hydroxylation sites is 1. The number of aliphatic carboxylic acids is 1. The molecule has 0 amide bonds. The van der Waals surface area contributed by atoms with Crippen LogP contribution in [0.3, 0.4) is 0 Å². The van der Waals surface area contributed by atoms with Gasteiger partial charge in [-0.25, -0.2) is 9.79 Å². The topological polar surface area (TPSA) is 82.3 Å². The number of carboxylic acids is 1. The number of alkyl halides is 6. The molecule has 1 aromatic rings. The van der Waals surface area contributed by atoms with Crippen LogP contribution in [0, 0.1) is 4.91 Å². The third-order valence-electron chi connectivity index (χ3n) is 4.98. The van der Waals surface area contributed by atoms with Crippen LogP contribution in [0.25, 0.3) is 0 Å². The number of halogens is 6. The van der Waals surface area contributed by atoms with E-state index in [1.807, 2.05) is 0 Å². The molecular weight excluding hydrogens is 440 g/mol. The van der Waals surface area contributed by atoms with Crippen LogP contribution < -0.4 is 0 Å². The summed E-state index contributed by atoms with van der Waals surface area (Å²) in [6.07, 6.45) is -10.8. The van der Waals surface area contributed by atoms with Crippen molar-refractivity contribution in [2.45, 2.75) is 36.1 Å². The Hall–Kier alpha value is -2.15. The summed E-state index contributed by atoms with van der Waals surface area (Å²) in [7, 11) is 0. The third-order valence-corrected chi connectivity index (χ3v) is 6.21. The average molecular weight is 455 g/mol. The number of carbonyl (C=O) groups is 1. The molecule has 2 heterocycles. The molecular formula is C17H15F6N3O3S. The van der Waals surface area contributed by atoms with E-state index < -0.39 is 59.0 Å². The summed E-state index contributed by atoms with van der Waals surface area (Å²) in [6.45, 7) is -0.0327. The molecule has 0 aliphatic carbocycles. The van der Waals surface area contributed by atoms with Crippen molar-refractivity contribution in [3.8, 4) is 0 Å². The Morgan fingerprint density at radius 2 is 1.97 bits per heavy atom. The number of thioether (sulfide) groups is 1. The molecule has 0 radical (unpaired) electrons. The van der Waals surface area contributed by atoms with Crippen molar-refractivity contribution in [3.63, 3.8) is 0 Å². The summed E-state index contributed by atoms with van der Waals surface area (Å²) in [4.78, 5) is 27.5.